The van der Waals surface area contributed by atoms with Crippen molar-refractivity contribution in [3.8, 4) is 0 Å². The molecule has 0 saturated heterocycles. The van der Waals surface area contributed by atoms with Crippen molar-refractivity contribution in [3.05, 3.63) is 0 Å². The van der Waals surface area contributed by atoms with Gasteiger partial charge in [0, 0.05) is 10.7 Å². The van der Waals surface area contributed by atoms with E-state index in [0.717, 1.165) is 12.4 Å². The number of thioether (sulfide) groups is 1. The van der Waals surface area contributed by atoms with Gasteiger partial charge in [-0.3, -0.25) is 4.99 Å². The Labute approximate surface area is 84.4 Å². The van der Waals surface area contributed by atoms with Gasteiger partial charge in [0.25, 0.3) is 0 Å². The fraction of sp³-hybridized carbons (Fsp3) is 0.900. The molecule has 0 unspecified atom stereocenters. The lowest BCUT2D eigenvalue weighted by Crippen LogP contribution is -2.37. The molecule has 0 aliphatic heterocycles. The minimum Gasteiger partial charge on any atom is -0.387 e. The highest BCUT2D eigenvalue weighted by atomic mass is 32.2. The summed E-state index contributed by atoms with van der Waals surface area (Å²) in [5.74, 6) is 1.55. The van der Waals surface area contributed by atoms with E-state index in [1.54, 1.807) is 0 Å². The molecule has 0 aromatic carbocycles. The van der Waals surface area contributed by atoms with Gasteiger partial charge in [-0.1, -0.05) is 6.42 Å². The monoisotopic (exact) mass is 198 g/mol. The van der Waals surface area contributed by atoms with Crippen molar-refractivity contribution in [2.24, 2.45) is 16.6 Å². The van der Waals surface area contributed by atoms with Crippen LogP contribution in [0.5, 0.6) is 0 Å². The van der Waals surface area contributed by atoms with Crippen LogP contribution < -0.4 is 5.73 Å². The zero-order valence-electron chi connectivity index (χ0n) is 8.25. The second kappa shape index (κ2) is 3.52. The maximum atomic E-state index is 5.86. The summed E-state index contributed by atoms with van der Waals surface area (Å²) in [4.78, 5) is 4.52. The highest BCUT2D eigenvalue weighted by Crippen LogP contribution is 2.43. The zero-order valence-corrected chi connectivity index (χ0v) is 9.07. The molecule has 0 bridgehead atoms. The molecular weight excluding hydrogens is 180 g/mol. The Morgan fingerprint density at radius 2 is 2.23 bits per heavy atom. The van der Waals surface area contributed by atoms with Gasteiger partial charge in [0.05, 0.1) is 12.4 Å². The number of aliphatic imine (C=N–C) groups is 1. The van der Waals surface area contributed by atoms with Crippen LogP contribution in [-0.2, 0) is 0 Å². The SMILES string of the molecule is CSC1(CN=C(N)C2CC2)CCC1. The smallest absolute Gasteiger partial charge is 0.0969 e. The van der Waals surface area contributed by atoms with Crippen molar-refractivity contribution in [3.63, 3.8) is 0 Å². The molecule has 2 rings (SSSR count). The van der Waals surface area contributed by atoms with Crippen molar-refractivity contribution < 1.29 is 0 Å². The summed E-state index contributed by atoms with van der Waals surface area (Å²) in [7, 11) is 0. The van der Waals surface area contributed by atoms with Crippen molar-refractivity contribution in [1.82, 2.24) is 0 Å². The largest absolute Gasteiger partial charge is 0.387 e. The Morgan fingerprint density at radius 1 is 1.54 bits per heavy atom. The summed E-state index contributed by atoms with van der Waals surface area (Å²) in [6.07, 6.45) is 8.76. The van der Waals surface area contributed by atoms with Crippen molar-refractivity contribution in [2.75, 3.05) is 12.8 Å². The Morgan fingerprint density at radius 3 is 2.62 bits per heavy atom. The molecule has 2 nitrogen and oxygen atoms in total. The summed E-state index contributed by atoms with van der Waals surface area (Å²) >= 11 is 1.97. The second-order valence-corrected chi connectivity index (χ2v) is 5.53. The van der Waals surface area contributed by atoms with E-state index in [9.17, 15) is 0 Å². The molecule has 0 atom stereocenters. The predicted molar refractivity (Wildman–Crippen MR) is 59.3 cm³/mol. The summed E-state index contributed by atoms with van der Waals surface area (Å²) in [6.45, 7) is 0.955. The van der Waals surface area contributed by atoms with Crippen molar-refractivity contribution in [2.45, 2.75) is 36.9 Å². The van der Waals surface area contributed by atoms with E-state index >= 15 is 0 Å². The normalized spacial score (nSPS) is 27.0. The summed E-state index contributed by atoms with van der Waals surface area (Å²) in [5, 5.41) is 0. The maximum Gasteiger partial charge on any atom is 0.0969 e. The van der Waals surface area contributed by atoms with Crippen molar-refractivity contribution in [1.29, 1.82) is 0 Å². The number of nitrogens with two attached hydrogens (primary N) is 1. The fourth-order valence-electron chi connectivity index (χ4n) is 1.74. The Balaban J connectivity index is 1.85. The molecule has 3 heteroatoms. The van der Waals surface area contributed by atoms with Crippen LogP contribution in [0.1, 0.15) is 32.1 Å². The molecular formula is C10H18N2S. The lowest BCUT2D eigenvalue weighted by molar-refractivity contribution is 0.372. The first-order valence-electron chi connectivity index (χ1n) is 5.11. The van der Waals surface area contributed by atoms with Gasteiger partial charge < -0.3 is 5.73 Å². The van der Waals surface area contributed by atoms with E-state index in [-0.39, 0.29) is 0 Å². The van der Waals surface area contributed by atoms with Crippen LogP contribution in [0.3, 0.4) is 0 Å². The molecule has 0 aromatic heterocycles. The average molecular weight is 198 g/mol. The molecule has 0 spiro atoms. The van der Waals surface area contributed by atoms with Gasteiger partial charge in [0.2, 0.25) is 0 Å². The molecule has 0 amide bonds. The van der Waals surface area contributed by atoms with Gasteiger partial charge in [0.1, 0.15) is 0 Å². The maximum absolute atomic E-state index is 5.86. The molecule has 13 heavy (non-hydrogen) atoms. The molecule has 2 aliphatic rings. The van der Waals surface area contributed by atoms with Gasteiger partial charge in [-0.05, 0) is 31.9 Å². The van der Waals surface area contributed by atoms with E-state index in [0.29, 0.717) is 10.7 Å². The molecule has 2 aliphatic carbocycles. The Hall–Kier alpha value is -0.180. The first-order valence-corrected chi connectivity index (χ1v) is 6.33. The third kappa shape index (κ3) is 2.01. The molecule has 0 radical (unpaired) electrons. The molecule has 0 aromatic rings. The molecule has 2 N–H and O–H groups in total. The van der Waals surface area contributed by atoms with Crippen LogP contribution in [0, 0.1) is 5.92 Å². The van der Waals surface area contributed by atoms with Gasteiger partial charge in [-0.15, -0.1) is 0 Å². The van der Waals surface area contributed by atoms with Crippen LogP contribution in [0.25, 0.3) is 0 Å². The number of rotatable bonds is 4. The number of amidine groups is 1. The third-order valence-corrected chi connectivity index (χ3v) is 4.65. The van der Waals surface area contributed by atoms with E-state index in [2.05, 4.69) is 11.2 Å². The minimum absolute atomic E-state index is 0.458. The first kappa shape index (κ1) is 9.38. The number of hydrogen-bond acceptors (Lipinski definition) is 2. The van der Waals surface area contributed by atoms with E-state index < -0.39 is 0 Å². The van der Waals surface area contributed by atoms with Crippen LogP contribution in [0.4, 0.5) is 0 Å². The molecule has 2 saturated carbocycles. The second-order valence-electron chi connectivity index (χ2n) is 4.26. The fourth-order valence-corrected chi connectivity index (χ4v) is 2.63. The highest BCUT2D eigenvalue weighted by molar-refractivity contribution is 8.00. The summed E-state index contributed by atoms with van der Waals surface area (Å²) in [5.41, 5.74) is 5.86. The summed E-state index contributed by atoms with van der Waals surface area (Å²) in [6, 6.07) is 0. The van der Waals surface area contributed by atoms with Gasteiger partial charge in [-0.2, -0.15) is 11.8 Å². The van der Waals surface area contributed by atoms with Crippen molar-refractivity contribution >= 4 is 17.6 Å². The molecule has 74 valence electrons. The van der Waals surface area contributed by atoms with E-state index in [1.807, 2.05) is 11.8 Å². The minimum atomic E-state index is 0.458. The van der Waals surface area contributed by atoms with Gasteiger partial charge in [-0.25, -0.2) is 0 Å². The van der Waals surface area contributed by atoms with Crippen LogP contribution >= 0.6 is 11.8 Å². The predicted octanol–water partition coefficient (Wildman–Crippen LogP) is 2.04. The Bertz CT molecular complexity index is 211. The lowest BCUT2D eigenvalue weighted by atomic mass is 9.84. The quantitative estimate of drug-likeness (QED) is 0.554. The highest BCUT2D eigenvalue weighted by Gasteiger charge is 2.36. The van der Waals surface area contributed by atoms with Crippen LogP contribution in [0.2, 0.25) is 0 Å². The molecule has 2 fully saturated rings. The lowest BCUT2D eigenvalue weighted by Gasteiger charge is -2.39. The third-order valence-electron chi connectivity index (χ3n) is 3.24. The van der Waals surface area contributed by atoms with Gasteiger partial charge >= 0.3 is 0 Å². The first-order chi connectivity index (χ1) is 6.26. The molecule has 0 heterocycles. The topological polar surface area (TPSA) is 38.4 Å². The standard InChI is InChI=1S/C10H18N2S/c1-13-10(5-2-6-10)7-12-9(11)8-3-4-8/h8H,2-7H2,1H3,(H2,11,12). The van der Waals surface area contributed by atoms with Crippen LogP contribution in [0.15, 0.2) is 4.99 Å². The zero-order chi connectivity index (χ0) is 9.31. The van der Waals surface area contributed by atoms with E-state index in [1.165, 1.54) is 32.1 Å². The Kier molecular flexibility index (Phi) is 2.54. The van der Waals surface area contributed by atoms with Gasteiger partial charge in [0.15, 0.2) is 0 Å². The average Bonchev–Trinajstić information content (AvgIpc) is 2.85. The van der Waals surface area contributed by atoms with Crippen LogP contribution in [-0.4, -0.2) is 23.4 Å². The van der Waals surface area contributed by atoms with E-state index in [4.69, 9.17) is 5.73 Å². The number of nitrogens with zero attached hydrogens (tertiary/aromatic N) is 1. The summed E-state index contributed by atoms with van der Waals surface area (Å²) < 4.78 is 0.458. The number of hydrogen-bond donors (Lipinski definition) is 1.